The van der Waals surface area contributed by atoms with E-state index in [0.717, 1.165) is 28.7 Å². The lowest BCUT2D eigenvalue weighted by Crippen LogP contribution is -2.52. The summed E-state index contributed by atoms with van der Waals surface area (Å²) < 4.78 is 5.83. The summed E-state index contributed by atoms with van der Waals surface area (Å²) in [5, 5.41) is 1.72. The van der Waals surface area contributed by atoms with Gasteiger partial charge in [-0.15, -0.1) is 0 Å². The zero-order valence-electron chi connectivity index (χ0n) is 18.3. The fourth-order valence-electron chi connectivity index (χ4n) is 4.56. The van der Waals surface area contributed by atoms with Gasteiger partial charge in [-0.2, -0.15) is 0 Å². The number of hydrogen-bond donors (Lipinski definition) is 1. The molecule has 0 bridgehead atoms. The molecule has 1 fully saturated rings. The quantitative estimate of drug-likeness (QED) is 0.493. The zero-order valence-corrected chi connectivity index (χ0v) is 18.3. The van der Waals surface area contributed by atoms with Crippen LogP contribution >= 0.6 is 0 Å². The monoisotopic (exact) mass is 431 g/mol. The molecule has 4 heterocycles. The number of likely N-dealkylation sites (N-methyl/N-ethyl adjacent to an activating group) is 1. The molecule has 3 aromatic heterocycles. The number of fused-ring (bicyclic) bond motifs is 2. The molecule has 4 aromatic rings. The van der Waals surface area contributed by atoms with Crippen LogP contribution in [-0.2, 0) is 0 Å². The van der Waals surface area contributed by atoms with E-state index in [9.17, 15) is 9.59 Å². The summed E-state index contributed by atoms with van der Waals surface area (Å²) in [6.07, 6.45) is 4.30. The number of nitrogens with zero attached hydrogens (tertiary/aromatic N) is 4. The van der Waals surface area contributed by atoms with Gasteiger partial charge in [0.1, 0.15) is 23.4 Å². The number of aromatic nitrogens is 3. The average Bonchev–Trinajstić information content (AvgIpc) is 3.44. The van der Waals surface area contributed by atoms with Gasteiger partial charge < -0.3 is 19.2 Å². The molecule has 0 saturated carbocycles. The van der Waals surface area contributed by atoms with Crippen LogP contribution in [0, 0.1) is 5.92 Å². The van der Waals surface area contributed by atoms with E-state index in [1.165, 1.54) is 6.92 Å². The summed E-state index contributed by atoms with van der Waals surface area (Å²) >= 11 is 0. The number of amides is 1. The van der Waals surface area contributed by atoms with Crippen LogP contribution < -0.4 is 4.90 Å². The highest BCUT2D eigenvalue weighted by Crippen LogP contribution is 2.30. The second kappa shape index (κ2) is 7.78. The molecule has 1 aliphatic rings. The summed E-state index contributed by atoms with van der Waals surface area (Å²) in [6.45, 7) is 4.98. The van der Waals surface area contributed by atoms with E-state index in [4.69, 9.17) is 4.42 Å². The molecule has 1 aromatic carbocycles. The van der Waals surface area contributed by atoms with Crippen LogP contribution in [0.1, 0.15) is 41.2 Å². The largest absolute Gasteiger partial charge is 0.451 e. The minimum atomic E-state index is -0.134. The van der Waals surface area contributed by atoms with Gasteiger partial charge in [-0.1, -0.05) is 6.92 Å². The van der Waals surface area contributed by atoms with Crippen molar-refractivity contribution >= 4 is 39.5 Å². The summed E-state index contributed by atoms with van der Waals surface area (Å²) in [6, 6.07) is 9.04. The third-order valence-corrected chi connectivity index (χ3v) is 6.50. The number of carbonyl (C=O) groups is 2. The summed E-state index contributed by atoms with van der Waals surface area (Å²) in [5.41, 5.74) is 2.00. The van der Waals surface area contributed by atoms with Crippen LogP contribution in [0.2, 0.25) is 0 Å². The van der Waals surface area contributed by atoms with E-state index in [-0.39, 0.29) is 17.7 Å². The van der Waals surface area contributed by atoms with Gasteiger partial charge in [0.2, 0.25) is 0 Å². The summed E-state index contributed by atoms with van der Waals surface area (Å²) in [5.74, 6) is 1.39. The Morgan fingerprint density at radius 3 is 2.88 bits per heavy atom. The number of rotatable bonds is 4. The van der Waals surface area contributed by atoms with Crippen molar-refractivity contribution in [3.63, 3.8) is 0 Å². The van der Waals surface area contributed by atoms with Crippen molar-refractivity contribution in [3.05, 3.63) is 54.2 Å². The van der Waals surface area contributed by atoms with E-state index in [1.807, 2.05) is 24.2 Å². The Kier molecular flexibility index (Phi) is 4.92. The zero-order chi connectivity index (χ0) is 22.4. The minimum Gasteiger partial charge on any atom is -0.451 e. The number of Topliss-reactive ketones (excluding diaryl/α,β-unsaturated/α-hetero) is 1. The number of hydrogen-bond acceptors (Lipinski definition) is 6. The van der Waals surface area contributed by atoms with E-state index in [2.05, 4.69) is 26.8 Å². The van der Waals surface area contributed by atoms with Crippen molar-refractivity contribution in [2.45, 2.75) is 26.3 Å². The molecule has 1 amide bonds. The van der Waals surface area contributed by atoms with E-state index < -0.39 is 0 Å². The lowest BCUT2D eigenvalue weighted by molar-refractivity contribution is 0.0640. The highest BCUT2D eigenvalue weighted by Gasteiger charge is 2.34. The van der Waals surface area contributed by atoms with E-state index in [1.54, 1.807) is 30.6 Å². The average molecular weight is 431 g/mol. The molecule has 0 aliphatic carbocycles. The first-order valence-corrected chi connectivity index (χ1v) is 10.8. The predicted molar refractivity (Wildman–Crippen MR) is 122 cm³/mol. The number of anilines is 1. The van der Waals surface area contributed by atoms with Gasteiger partial charge in [-0.3, -0.25) is 9.59 Å². The lowest BCUT2D eigenvalue weighted by Gasteiger charge is -2.42. The van der Waals surface area contributed by atoms with Crippen molar-refractivity contribution in [1.29, 1.82) is 0 Å². The molecule has 8 nitrogen and oxygen atoms in total. The fourth-order valence-corrected chi connectivity index (χ4v) is 4.56. The number of piperidine rings is 1. The normalized spacial score (nSPS) is 18.9. The van der Waals surface area contributed by atoms with Crippen molar-refractivity contribution in [2.75, 3.05) is 25.0 Å². The number of benzene rings is 1. The fraction of sp³-hybridized carbons (Fsp3) is 0.333. The van der Waals surface area contributed by atoms with Gasteiger partial charge in [-0.05, 0) is 49.6 Å². The molecule has 1 saturated heterocycles. The highest BCUT2D eigenvalue weighted by molar-refractivity contribution is 6.00. The van der Waals surface area contributed by atoms with Crippen molar-refractivity contribution in [1.82, 2.24) is 19.9 Å². The molecule has 164 valence electrons. The van der Waals surface area contributed by atoms with Crippen LogP contribution in [0.3, 0.4) is 0 Å². The second-order valence-corrected chi connectivity index (χ2v) is 8.55. The van der Waals surface area contributed by atoms with Crippen LogP contribution in [0.15, 0.2) is 47.3 Å². The number of carbonyl (C=O) groups excluding carboxylic acids is 2. The van der Waals surface area contributed by atoms with Gasteiger partial charge in [0.05, 0.1) is 11.4 Å². The smallest absolute Gasteiger partial charge is 0.289 e. The van der Waals surface area contributed by atoms with Gasteiger partial charge in [-0.25, -0.2) is 9.97 Å². The second-order valence-electron chi connectivity index (χ2n) is 8.55. The first kappa shape index (κ1) is 20.2. The molecule has 8 heteroatoms. The molecule has 5 rings (SSSR count). The molecular formula is C24H25N5O3. The van der Waals surface area contributed by atoms with Gasteiger partial charge in [0, 0.05) is 37.3 Å². The first-order valence-electron chi connectivity index (χ1n) is 10.8. The summed E-state index contributed by atoms with van der Waals surface area (Å²) in [4.78, 5) is 40.9. The number of nitrogens with one attached hydrogen (secondary N) is 1. The topological polar surface area (TPSA) is 95.3 Å². The Labute approximate surface area is 185 Å². The SMILES string of the molecule is CC(=O)c1ccc2oc(C(=O)N3CCC(C)C(N(C)c4ncnc5[nH]ccc45)C3)cc2c1. The molecule has 0 radical (unpaired) electrons. The molecule has 32 heavy (non-hydrogen) atoms. The molecule has 1 aliphatic heterocycles. The minimum absolute atomic E-state index is 0.0156. The third-order valence-electron chi connectivity index (χ3n) is 6.50. The Hall–Kier alpha value is -3.68. The number of aromatic amines is 1. The standard InChI is InChI=1S/C24H25N5O3/c1-14-7-9-29(12-19(14)28(3)23-18-6-8-25-22(18)26-13-27-23)24(31)21-11-17-10-16(15(2)30)4-5-20(17)32-21/h4-6,8,10-11,13-14,19H,7,9,12H2,1-3H3,(H,25,26,27). The lowest BCUT2D eigenvalue weighted by atomic mass is 9.92. The van der Waals surface area contributed by atoms with Crippen LogP contribution in [-0.4, -0.2) is 57.7 Å². The Morgan fingerprint density at radius 2 is 2.06 bits per heavy atom. The Bertz CT molecular complexity index is 1320. The van der Waals surface area contributed by atoms with E-state index >= 15 is 0 Å². The molecule has 0 spiro atoms. The Balaban J connectivity index is 1.40. The van der Waals surface area contributed by atoms with Crippen molar-refractivity contribution in [2.24, 2.45) is 5.92 Å². The molecule has 2 unspecified atom stereocenters. The van der Waals surface area contributed by atoms with Crippen LogP contribution in [0.5, 0.6) is 0 Å². The van der Waals surface area contributed by atoms with Crippen LogP contribution in [0.25, 0.3) is 22.0 Å². The van der Waals surface area contributed by atoms with E-state index in [0.29, 0.717) is 35.9 Å². The first-order chi connectivity index (χ1) is 15.4. The molecular weight excluding hydrogens is 406 g/mol. The molecule has 2 atom stereocenters. The summed E-state index contributed by atoms with van der Waals surface area (Å²) in [7, 11) is 2.02. The number of likely N-dealkylation sites (tertiary alicyclic amines) is 1. The van der Waals surface area contributed by atoms with Gasteiger partial charge in [0.15, 0.2) is 11.5 Å². The van der Waals surface area contributed by atoms with Crippen molar-refractivity contribution in [3.8, 4) is 0 Å². The number of H-pyrrole nitrogens is 1. The maximum Gasteiger partial charge on any atom is 0.289 e. The predicted octanol–water partition coefficient (Wildman–Crippen LogP) is 3.89. The Morgan fingerprint density at radius 1 is 1.22 bits per heavy atom. The molecule has 1 N–H and O–H groups in total. The van der Waals surface area contributed by atoms with Gasteiger partial charge >= 0.3 is 0 Å². The number of furan rings is 1. The maximum atomic E-state index is 13.3. The van der Waals surface area contributed by atoms with Gasteiger partial charge in [0.25, 0.3) is 5.91 Å². The highest BCUT2D eigenvalue weighted by atomic mass is 16.3. The van der Waals surface area contributed by atoms with Crippen molar-refractivity contribution < 1.29 is 14.0 Å². The maximum absolute atomic E-state index is 13.3. The number of ketones is 1. The third kappa shape index (κ3) is 3.41. The van der Waals surface area contributed by atoms with Crippen LogP contribution in [0.4, 0.5) is 5.82 Å².